The molecule has 0 saturated heterocycles. The second-order valence-electron chi connectivity index (χ2n) is 6.68. The van der Waals surface area contributed by atoms with Crippen molar-refractivity contribution in [3.63, 3.8) is 0 Å². The highest BCUT2D eigenvalue weighted by Gasteiger charge is 2.10. The molecule has 2 N–H and O–H groups in total. The van der Waals surface area contributed by atoms with Crippen molar-refractivity contribution in [2.24, 2.45) is 10.9 Å². The highest BCUT2D eigenvalue weighted by atomic mass is 127. The van der Waals surface area contributed by atoms with Crippen LogP contribution in [0.25, 0.3) is 0 Å². The van der Waals surface area contributed by atoms with Gasteiger partial charge in [0.05, 0.1) is 5.69 Å². The third-order valence-corrected chi connectivity index (χ3v) is 4.24. The van der Waals surface area contributed by atoms with Crippen LogP contribution in [0, 0.1) is 19.8 Å². The first-order valence-electron chi connectivity index (χ1n) is 9.72. The fraction of sp³-hybridized carbons (Fsp3) is 0.737. The van der Waals surface area contributed by atoms with E-state index in [2.05, 4.69) is 40.6 Å². The lowest BCUT2D eigenvalue weighted by Crippen LogP contribution is -2.40. The van der Waals surface area contributed by atoms with Gasteiger partial charge in [0.1, 0.15) is 0 Å². The molecule has 1 unspecified atom stereocenters. The summed E-state index contributed by atoms with van der Waals surface area (Å²) in [5.41, 5.74) is 2.23. The normalized spacial score (nSPS) is 12.3. The van der Waals surface area contributed by atoms with Gasteiger partial charge >= 0.3 is 0 Å². The summed E-state index contributed by atoms with van der Waals surface area (Å²) in [5, 5.41) is 11.0. The molecule has 0 bridgehead atoms. The summed E-state index contributed by atoms with van der Waals surface area (Å²) in [7, 11) is 0. The second kappa shape index (κ2) is 13.8. The van der Waals surface area contributed by atoms with Gasteiger partial charge in [0, 0.05) is 51.4 Å². The van der Waals surface area contributed by atoms with Crippen molar-refractivity contribution in [1.29, 1.82) is 0 Å². The number of rotatable bonds is 10. The number of aromatic nitrogens is 2. The van der Waals surface area contributed by atoms with Gasteiger partial charge in [-0.2, -0.15) is 5.10 Å². The zero-order chi connectivity index (χ0) is 19.5. The van der Waals surface area contributed by atoms with Crippen molar-refractivity contribution in [1.82, 2.24) is 25.3 Å². The fourth-order valence-corrected chi connectivity index (χ4v) is 2.82. The molecule has 1 rings (SSSR count). The van der Waals surface area contributed by atoms with Gasteiger partial charge in [0.25, 0.3) is 0 Å². The number of nitrogens with one attached hydrogen (secondary N) is 2. The molecule has 8 heteroatoms. The number of carbonyl (C=O) groups is 1. The summed E-state index contributed by atoms with van der Waals surface area (Å²) in [6, 6.07) is 2.09. The number of guanidine groups is 1. The maximum absolute atomic E-state index is 12.1. The molecule has 0 radical (unpaired) electrons. The van der Waals surface area contributed by atoms with Crippen LogP contribution in [-0.2, 0) is 11.3 Å². The van der Waals surface area contributed by atoms with Crippen LogP contribution < -0.4 is 10.6 Å². The van der Waals surface area contributed by atoms with E-state index in [1.54, 1.807) is 0 Å². The summed E-state index contributed by atoms with van der Waals surface area (Å²) in [6.45, 7) is 16.8. The summed E-state index contributed by atoms with van der Waals surface area (Å²) in [4.78, 5) is 18.6. The third-order valence-electron chi connectivity index (χ3n) is 4.24. The monoisotopic (exact) mass is 492 g/mol. The summed E-state index contributed by atoms with van der Waals surface area (Å²) < 4.78 is 2.04. The van der Waals surface area contributed by atoms with Gasteiger partial charge in [-0.15, -0.1) is 24.0 Å². The molecule has 1 aromatic heterocycles. The molecule has 0 aromatic carbocycles. The van der Waals surface area contributed by atoms with Crippen LogP contribution in [0.5, 0.6) is 0 Å². The van der Waals surface area contributed by atoms with Crippen molar-refractivity contribution in [2.75, 3.05) is 32.7 Å². The number of carbonyl (C=O) groups excluding carboxylic acids is 1. The standard InChI is InChI=1S/C19H36N6O.HI/c1-7-20-19(21-11-10-18(26)24(8-2)9-3)22-13-15(4)14-25-17(6)12-16(5)23-25;/h12,15H,7-11,13-14H2,1-6H3,(H2,20,21,22);1H. The minimum atomic E-state index is 0. The second-order valence-corrected chi connectivity index (χ2v) is 6.68. The molecule has 0 aliphatic rings. The Morgan fingerprint density at radius 1 is 1.26 bits per heavy atom. The fourth-order valence-electron chi connectivity index (χ4n) is 2.82. The molecule has 27 heavy (non-hydrogen) atoms. The van der Waals surface area contributed by atoms with Gasteiger partial charge in [-0.1, -0.05) is 6.92 Å². The van der Waals surface area contributed by atoms with Crippen LogP contribution in [-0.4, -0.2) is 59.3 Å². The van der Waals surface area contributed by atoms with Gasteiger partial charge < -0.3 is 15.5 Å². The molecule has 1 amide bonds. The number of hydrogen-bond acceptors (Lipinski definition) is 3. The average Bonchev–Trinajstić information content (AvgIpc) is 2.91. The van der Waals surface area contributed by atoms with E-state index in [4.69, 9.17) is 0 Å². The molecule has 0 fully saturated rings. The van der Waals surface area contributed by atoms with Crippen LogP contribution in [0.3, 0.4) is 0 Å². The highest BCUT2D eigenvalue weighted by Crippen LogP contribution is 2.06. The maximum Gasteiger partial charge on any atom is 0.224 e. The van der Waals surface area contributed by atoms with Crippen LogP contribution in [0.1, 0.15) is 45.5 Å². The Morgan fingerprint density at radius 3 is 2.44 bits per heavy atom. The smallest absolute Gasteiger partial charge is 0.224 e. The van der Waals surface area contributed by atoms with E-state index < -0.39 is 0 Å². The topological polar surface area (TPSA) is 74.5 Å². The Morgan fingerprint density at radius 2 is 1.93 bits per heavy atom. The molecule has 1 aromatic rings. The molecule has 1 heterocycles. The van der Waals surface area contributed by atoms with Crippen molar-refractivity contribution in [3.05, 3.63) is 17.5 Å². The third kappa shape index (κ3) is 9.44. The highest BCUT2D eigenvalue weighted by molar-refractivity contribution is 14.0. The lowest BCUT2D eigenvalue weighted by molar-refractivity contribution is -0.130. The predicted molar refractivity (Wildman–Crippen MR) is 123 cm³/mol. The van der Waals surface area contributed by atoms with Crippen LogP contribution in [0.4, 0.5) is 0 Å². The molecule has 0 aliphatic carbocycles. The van der Waals surface area contributed by atoms with Gasteiger partial charge in [-0.25, -0.2) is 0 Å². The van der Waals surface area contributed by atoms with E-state index in [1.165, 1.54) is 5.69 Å². The van der Waals surface area contributed by atoms with E-state index in [1.807, 2.05) is 37.3 Å². The summed E-state index contributed by atoms with van der Waals surface area (Å²) >= 11 is 0. The number of aryl methyl sites for hydroxylation is 2. The number of halogens is 1. The van der Waals surface area contributed by atoms with Gasteiger partial charge in [0.2, 0.25) is 5.91 Å². The zero-order valence-electron chi connectivity index (χ0n) is 17.7. The predicted octanol–water partition coefficient (Wildman–Crippen LogP) is 2.57. The van der Waals surface area contributed by atoms with E-state index in [-0.39, 0.29) is 29.9 Å². The van der Waals surface area contributed by atoms with Crippen molar-refractivity contribution in [3.8, 4) is 0 Å². The molecular weight excluding hydrogens is 455 g/mol. The number of aliphatic imine (C=N–C) groups is 1. The van der Waals surface area contributed by atoms with Crippen molar-refractivity contribution >= 4 is 35.8 Å². The first-order valence-corrected chi connectivity index (χ1v) is 9.72. The van der Waals surface area contributed by atoms with Gasteiger partial charge in [0.15, 0.2) is 5.96 Å². The number of nitrogens with zero attached hydrogens (tertiary/aromatic N) is 4. The minimum Gasteiger partial charge on any atom is -0.357 e. The quantitative estimate of drug-likeness (QED) is 0.299. The molecule has 156 valence electrons. The van der Waals surface area contributed by atoms with E-state index in [9.17, 15) is 4.79 Å². The molecule has 7 nitrogen and oxygen atoms in total. The van der Waals surface area contributed by atoms with Gasteiger partial charge in [-0.3, -0.25) is 14.5 Å². The van der Waals surface area contributed by atoms with Crippen LogP contribution >= 0.6 is 24.0 Å². The van der Waals surface area contributed by atoms with Crippen LogP contribution in [0.2, 0.25) is 0 Å². The average molecular weight is 492 g/mol. The largest absolute Gasteiger partial charge is 0.357 e. The van der Waals surface area contributed by atoms with Crippen LogP contribution in [0.15, 0.2) is 11.1 Å². The molecule has 0 aliphatic heterocycles. The van der Waals surface area contributed by atoms with E-state index in [0.29, 0.717) is 25.4 Å². The molecular formula is C19H37IN6O. The maximum atomic E-state index is 12.1. The van der Waals surface area contributed by atoms with Crippen molar-refractivity contribution < 1.29 is 4.79 Å². The molecule has 0 saturated carbocycles. The molecule has 0 spiro atoms. The Balaban J connectivity index is 0.00000676. The van der Waals surface area contributed by atoms with Gasteiger partial charge in [-0.05, 0) is 46.6 Å². The Kier molecular flexibility index (Phi) is 13.1. The Bertz CT molecular complexity index is 583. The molecule has 1 atom stereocenters. The zero-order valence-corrected chi connectivity index (χ0v) is 20.0. The summed E-state index contributed by atoms with van der Waals surface area (Å²) in [5.74, 6) is 1.32. The Labute approximate surface area is 181 Å². The lowest BCUT2D eigenvalue weighted by atomic mass is 10.2. The minimum absolute atomic E-state index is 0. The first kappa shape index (κ1) is 25.7. The lowest BCUT2D eigenvalue weighted by Gasteiger charge is -2.19. The SMILES string of the molecule is CCNC(=NCC(C)Cn1nc(C)cc1C)NCCC(=O)N(CC)CC.I. The summed E-state index contributed by atoms with van der Waals surface area (Å²) in [6.07, 6.45) is 0.480. The Hall–Kier alpha value is -1.32. The van der Waals surface area contributed by atoms with Crippen molar-refractivity contribution in [2.45, 2.75) is 54.5 Å². The first-order chi connectivity index (χ1) is 12.4. The number of hydrogen-bond donors (Lipinski definition) is 2. The van der Waals surface area contributed by atoms with E-state index >= 15 is 0 Å². The number of amides is 1. The van der Waals surface area contributed by atoms with E-state index in [0.717, 1.165) is 37.8 Å².